The Labute approximate surface area is 109 Å². The normalized spacial score (nSPS) is 33.6. The number of rotatable bonds is 5. The van der Waals surface area contributed by atoms with Gasteiger partial charge in [-0.1, -0.05) is 19.8 Å². The predicted molar refractivity (Wildman–Crippen MR) is 73.1 cm³/mol. The van der Waals surface area contributed by atoms with E-state index in [9.17, 15) is 4.79 Å². The number of nitrogens with zero attached hydrogens (tertiary/aromatic N) is 1. The van der Waals surface area contributed by atoms with E-state index in [1.54, 1.807) is 0 Å². The summed E-state index contributed by atoms with van der Waals surface area (Å²) in [5.74, 6) is 1.60. The molecule has 2 aliphatic heterocycles. The summed E-state index contributed by atoms with van der Waals surface area (Å²) in [5, 5.41) is 4.10. The summed E-state index contributed by atoms with van der Waals surface area (Å²) >= 11 is 2.03. The van der Waals surface area contributed by atoms with E-state index in [0.29, 0.717) is 11.2 Å². The van der Waals surface area contributed by atoms with Crippen molar-refractivity contribution < 1.29 is 4.79 Å². The number of amides is 1. The van der Waals surface area contributed by atoms with Crippen LogP contribution in [0.3, 0.4) is 0 Å². The summed E-state index contributed by atoms with van der Waals surface area (Å²) in [4.78, 5) is 14.3. The average Bonchev–Trinajstić information content (AvgIpc) is 2.90. The third-order valence-corrected chi connectivity index (χ3v) is 5.14. The van der Waals surface area contributed by atoms with Crippen LogP contribution in [0.1, 0.15) is 46.0 Å². The first-order valence-corrected chi connectivity index (χ1v) is 7.95. The number of carbonyl (C=O) groups is 1. The Balaban J connectivity index is 1.86. The quantitative estimate of drug-likeness (QED) is 0.818. The maximum Gasteiger partial charge on any atom is 0.241 e. The van der Waals surface area contributed by atoms with Crippen LogP contribution < -0.4 is 5.32 Å². The van der Waals surface area contributed by atoms with Gasteiger partial charge in [0.05, 0.1) is 12.2 Å². The maximum absolute atomic E-state index is 12.3. The fourth-order valence-corrected chi connectivity index (χ4v) is 3.98. The lowest BCUT2D eigenvalue weighted by Crippen LogP contribution is -2.38. The van der Waals surface area contributed by atoms with E-state index in [1.807, 2.05) is 11.8 Å². The van der Waals surface area contributed by atoms with Gasteiger partial charge in [-0.15, -0.1) is 0 Å². The van der Waals surface area contributed by atoms with Crippen LogP contribution in [0.15, 0.2) is 0 Å². The second kappa shape index (κ2) is 6.10. The van der Waals surface area contributed by atoms with E-state index in [0.717, 1.165) is 25.8 Å². The lowest BCUT2D eigenvalue weighted by atomic mass is 10.1. The highest BCUT2D eigenvalue weighted by Crippen LogP contribution is 2.28. The molecular weight excluding hydrogens is 232 g/mol. The van der Waals surface area contributed by atoms with E-state index in [2.05, 4.69) is 24.1 Å². The number of thioether (sulfide) groups is 1. The van der Waals surface area contributed by atoms with Gasteiger partial charge in [0.2, 0.25) is 5.91 Å². The van der Waals surface area contributed by atoms with Crippen molar-refractivity contribution in [2.75, 3.05) is 12.3 Å². The number of hydrogen-bond donors (Lipinski definition) is 1. The van der Waals surface area contributed by atoms with E-state index < -0.39 is 0 Å². The minimum absolute atomic E-state index is 0.0800. The van der Waals surface area contributed by atoms with Gasteiger partial charge in [-0.05, 0) is 31.9 Å². The van der Waals surface area contributed by atoms with Gasteiger partial charge < -0.3 is 4.90 Å². The van der Waals surface area contributed by atoms with Gasteiger partial charge in [0.15, 0.2) is 0 Å². The topological polar surface area (TPSA) is 32.3 Å². The standard InChI is InChI=1S/C13H24N2OS/c1-3-4-7-12-13(16)15(10(2)14-12)9-11-6-5-8-17-11/h10-12,14H,3-9H2,1-2H3. The van der Waals surface area contributed by atoms with Crippen molar-refractivity contribution in [2.24, 2.45) is 0 Å². The van der Waals surface area contributed by atoms with Crippen molar-refractivity contribution in [1.29, 1.82) is 0 Å². The number of hydrogen-bond acceptors (Lipinski definition) is 3. The van der Waals surface area contributed by atoms with Crippen molar-refractivity contribution in [3.63, 3.8) is 0 Å². The zero-order valence-corrected chi connectivity index (χ0v) is 11.8. The summed E-state index contributed by atoms with van der Waals surface area (Å²) in [6.45, 7) is 5.24. The molecule has 3 unspecified atom stereocenters. The highest BCUT2D eigenvalue weighted by Gasteiger charge is 2.37. The molecule has 0 aromatic rings. The molecular formula is C13H24N2OS. The van der Waals surface area contributed by atoms with Crippen LogP contribution in [0, 0.1) is 0 Å². The largest absolute Gasteiger partial charge is 0.325 e. The lowest BCUT2D eigenvalue weighted by Gasteiger charge is -2.23. The second-order valence-electron chi connectivity index (χ2n) is 5.16. The van der Waals surface area contributed by atoms with Crippen molar-refractivity contribution in [3.05, 3.63) is 0 Å². The first kappa shape index (κ1) is 13.2. The third-order valence-electron chi connectivity index (χ3n) is 3.76. The first-order chi connectivity index (χ1) is 8.22. The Bertz CT molecular complexity index is 266. The molecule has 17 heavy (non-hydrogen) atoms. The van der Waals surface area contributed by atoms with Crippen molar-refractivity contribution in [2.45, 2.75) is 63.4 Å². The number of nitrogens with one attached hydrogen (secondary N) is 1. The smallest absolute Gasteiger partial charge is 0.241 e. The second-order valence-corrected chi connectivity index (χ2v) is 6.57. The molecule has 3 nitrogen and oxygen atoms in total. The Kier molecular flexibility index (Phi) is 4.74. The van der Waals surface area contributed by atoms with Crippen LogP contribution in [-0.2, 0) is 4.79 Å². The fourth-order valence-electron chi connectivity index (χ4n) is 2.71. The first-order valence-electron chi connectivity index (χ1n) is 6.90. The minimum atomic E-state index is 0.0800. The van der Waals surface area contributed by atoms with Gasteiger partial charge in [-0.2, -0.15) is 11.8 Å². The van der Waals surface area contributed by atoms with Gasteiger partial charge in [-0.3, -0.25) is 10.1 Å². The molecule has 4 heteroatoms. The van der Waals surface area contributed by atoms with Crippen LogP contribution >= 0.6 is 11.8 Å². The van der Waals surface area contributed by atoms with Crippen molar-refractivity contribution in [1.82, 2.24) is 10.2 Å². The van der Waals surface area contributed by atoms with E-state index in [1.165, 1.54) is 18.6 Å². The molecule has 1 N–H and O–H groups in total. The molecule has 1 amide bonds. The van der Waals surface area contributed by atoms with Gasteiger partial charge >= 0.3 is 0 Å². The molecule has 2 heterocycles. The van der Waals surface area contributed by atoms with Crippen LogP contribution in [0.5, 0.6) is 0 Å². The summed E-state index contributed by atoms with van der Waals surface area (Å²) in [6, 6.07) is 0.0800. The molecule has 2 fully saturated rings. The lowest BCUT2D eigenvalue weighted by molar-refractivity contribution is -0.130. The zero-order valence-electron chi connectivity index (χ0n) is 10.9. The SMILES string of the molecule is CCCCC1NC(C)N(CC2CCCS2)C1=O. The molecule has 0 aromatic carbocycles. The number of carbonyl (C=O) groups excluding carboxylic acids is 1. The highest BCUT2D eigenvalue weighted by molar-refractivity contribution is 8.00. The molecule has 0 saturated carbocycles. The van der Waals surface area contributed by atoms with Crippen LogP contribution in [-0.4, -0.2) is 40.6 Å². The number of unbranched alkanes of at least 4 members (excludes halogenated alkanes) is 1. The fraction of sp³-hybridized carbons (Fsp3) is 0.923. The highest BCUT2D eigenvalue weighted by atomic mass is 32.2. The summed E-state index contributed by atoms with van der Waals surface area (Å²) in [7, 11) is 0. The summed E-state index contributed by atoms with van der Waals surface area (Å²) in [5.41, 5.74) is 0. The Hall–Kier alpha value is -0.220. The predicted octanol–water partition coefficient (Wildman–Crippen LogP) is 2.22. The molecule has 2 rings (SSSR count). The van der Waals surface area contributed by atoms with Crippen LogP contribution in [0.25, 0.3) is 0 Å². The summed E-state index contributed by atoms with van der Waals surface area (Å²) < 4.78 is 0. The molecule has 0 aliphatic carbocycles. The van der Waals surface area contributed by atoms with E-state index in [4.69, 9.17) is 0 Å². The zero-order chi connectivity index (χ0) is 12.3. The van der Waals surface area contributed by atoms with Crippen molar-refractivity contribution >= 4 is 17.7 Å². The third kappa shape index (κ3) is 3.16. The molecule has 0 bridgehead atoms. The monoisotopic (exact) mass is 256 g/mol. The Morgan fingerprint density at radius 1 is 1.53 bits per heavy atom. The van der Waals surface area contributed by atoms with E-state index >= 15 is 0 Å². The van der Waals surface area contributed by atoms with Gasteiger partial charge in [-0.25, -0.2) is 0 Å². The van der Waals surface area contributed by atoms with Crippen LogP contribution in [0.4, 0.5) is 0 Å². The molecule has 3 atom stereocenters. The maximum atomic E-state index is 12.3. The molecule has 98 valence electrons. The van der Waals surface area contributed by atoms with Gasteiger partial charge in [0, 0.05) is 11.8 Å². The molecule has 0 aromatic heterocycles. The van der Waals surface area contributed by atoms with Crippen molar-refractivity contribution in [3.8, 4) is 0 Å². The van der Waals surface area contributed by atoms with Gasteiger partial charge in [0.25, 0.3) is 0 Å². The molecule has 0 spiro atoms. The average molecular weight is 256 g/mol. The van der Waals surface area contributed by atoms with Crippen LogP contribution in [0.2, 0.25) is 0 Å². The molecule has 2 aliphatic rings. The Morgan fingerprint density at radius 3 is 3.00 bits per heavy atom. The molecule has 2 saturated heterocycles. The minimum Gasteiger partial charge on any atom is -0.325 e. The van der Waals surface area contributed by atoms with E-state index in [-0.39, 0.29) is 12.2 Å². The Morgan fingerprint density at radius 2 is 2.35 bits per heavy atom. The summed E-state index contributed by atoms with van der Waals surface area (Å²) in [6.07, 6.45) is 6.12. The van der Waals surface area contributed by atoms with Gasteiger partial charge in [0.1, 0.15) is 0 Å². The molecule has 0 radical (unpaired) electrons.